The second-order valence-corrected chi connectivity index (χ2v) is 11.6. The first kappa shape index (κ1) is 22.4. The van der Waals surface area contributed by atoms with Crippen molar-refractivity contribution < 1.29 is 17.7 Å². The van der Waals surface area contributed by atoms with Crippen LogP contribution in [0.3, 0.4) is 0 Å². The molecule has 8 nitrogen and oxygen atoms in total. The Bertz CT molecular complexity index is 993. The molecule has 2 aromatic rings. The van der Waals surface area contributed by atoms with Crippen LogP contribution < -0.4 is 5.32 Å². The fourth-order valence-corrected chi connectivity index (χ4v) is 7.24. The molecule has 1 N–H and O–H groups in total. The number of carbonyl (C=O) groups excluding carboxylic acids is 1. The number of rotatable bonds is 5. The van der Waals surface area contributed by atoms with Gasteiger partial charge in [0.25, 0.3) is 10.0 Å². The van der Waals surface area contributed by atoms with E-state index in [9.17, 15) is 13.2 Å². The maximum Gasteiger partial charge on any atom is 0.252 e. The first-order valence-electron chi connectivity index (χ1n) is 11.1. The Morgan fingerprint density at radius 1 is 1.16 bits per heavy atom. The summed E-state index contributed by atoms with van der Waals surface area (Å²) in [5.74, 6) is 0.512. The van der Waals surface area contributed by atoms with E-state index in [2.05, 4.69) is 15.5 Å². The molecule has 2 aliphatic rings. The van der Waals surface area contributed by atoms with Crippen LogP contribution >= 0.6 is 11.3 Å². The average Bonchev–Trinajstić information content (AvgIpc) is 3.39. The van der Waals surface area contributed by atoms with Gasteiger partial charge in [0.2, 0.25) is 17.6 Å². The van der Waals surface area contributed by atoms with Gasteiger partial charge < -0.3 is 9.84 Å². The van der Waals surface area contributed by atoms with Crippen LogP contribution in [0.15, 0.2) is 20.2 Å². The van der Waals surface area contributed by atoms with Crippen molar-refractivity contribution in [2.24, 2.45) is 5.92 Å². The van der Waals surface area contributed by atoms with E-state index in [0.717, 1.165) is 43.4 Å². The smallest absolute Gasteiger partial charge is 0.252 e. The lowest BCUT2D eigenvalue weighted by Crippen LogP contribution is -2.47. The molecule has 2 fully saturated rings. The Hall–Kier alpha value is -1.78. The third-order valence-electron chi connectivity index (χ3n) is 6.16. The number of nitrogens with one attached hydrogen (secondary N) is 1. The third kappa shape index (κ3) is 5.35. The van der Waals surface area contributed by atoms with Crippen molar-refractivity contribution in [1.82, 2.24) is 19.8 Å². The van der Waals surface area contributed by atoms with E-state index in [1.165, 1.54) is 23.6 Å². The largest absolute Gasteiger partial charge is 0.353 e. The van der Waals surface area contributed by atoms with Crippen LogP contribution in [-0.2, 0) is 14.8 Å². The first-order valence-corrected chi connectivity index (χ1v) is 13.5. The van der Waals surface area contributed by atoms with Gasteiger partial charge in [0, 0.05) is 37.0 Å². The summed E-state index contributed by atoms with van der Waals surface area (Å²) in [6.45, 7) is 2.36. The molecule has 1 amide bonds. The summed E-state index contributed by atoms with van der Waals surface area (Å²) in [6, 6.07) is 1.81. The van der Waals surface area contributed by atoms with Crippen molar-refractivity contribution in [3.63, 3.8) is 0 Å². The maximum absolute atomic E-state index is 13.2. The van der Waals surface area contributed by atoms with Crippen LogP contribution in [0.4, 0.5) is 0 Å². The number of aryl methyl sites for hydroxylation is 1. The van der Waals surface area contributed by atoms with Gasteiger partial charge in [-0.05, 0) is 31.7 Å². The van der Waals surface area contributed by atoms with Crippen molar-refractivity contribution in [2.45, 2.75) is 75.0 Å². The Morgan fingerprint density at radius 2 is 1.90 bits per heavy atom. The van der Waals surface area contributed by atoms with Crippen LogP contribution in [-0.4, -0.2) is 47.9 Å². The maximum atomic E-state index is 13.2. The van der Waals surface area contributed by atoms with Crippen LogP contribution in [0.1, 0.15) is 63.7 Å². The molecule has 1 aliphatic heterocycles. The second kappa shape index (κ2) is 9.79. The normalized spacial score (nSPS) is 22.0. The molecule has 0 unspecified atom stereocenters. The molecule has 10 heteroatoms. The number of carbonyl (C=O) groups is 1. The molecule has 1 saturated heterocycles. The molecule has 3 heterocycles. The molecular weight excluding hydrogens is 436 g/mol. The van der Waals surface area contributed by atoms with Gasteiger partial charge in [0.15, 0.2) is 0 Å². The highest BCUT2D eigenvalue weighted by Gasteiger charge is 2.35. The first-order chi connectivity index (χ1) is 14.9. The Labute approximate surface area is 187 Å². The Balaban J connectivity index is 1.41. The van der Waals surface area contributed by atoms with Gasteiger partial charge >= 0.3 is 0 Å². The molecule has 0 bridgehead atoms. The summed E-state index contributed by atoms with van der Waals surface area (Å²) in [5, 5.41) is 8.79. The molecule has 0 aromatic carbocycles. The summed E-state index contributed by atoms with van der Waals surface area (Å²) in [5.41, 5.74) is 0.621. The fourth-order valence-electron chi connectivity index (χ4n) is 4.41. The summed E-state index contributed by atoms with van der Waals surface area (Å²) in [4.78, 5) is 17.1. The molecule has 4 rings (SSSR count). The molecule has 0 spiro atoms. The highest BCUT2D eigenvalue weighted by molar-refractivity contribution is 7.91. The van der Waals surface area contributed by atoms with Crippen LogP contribution in [0.25, 0.3) is 11.4 Å². The van der Waals surface area contributed by atoms with E-state index in [1.54, 1.807) is 18.4 Å². The van der Waals surface area contributed by atoms with Crippen LogP contribution in [0.5, 0.6) is 0 Å². The number of hydrogen-bond donors (Lipinski definition) is 1. The lowest BCUT2D eigenvalue weighted by molar-refractivity contribution is -0.126. The average molecular weight is 467 g/mol. The number of sulfonamides is 1. The van der Waals surface area contributed by atoms with E-state index < -0.39 is 10.0 Å². The number of aromatic nitrogens is 2. The van der Waals surface area contributed by atoms with E-state index in [4.69, 9.17) is 4.52 Å². The van der Waals surface area contributed by atoms with Gasteiger partial charge in [-0.15, -0.1) is 11.3 Å². The highest BCUT2D eigenvalue weighted by Crippen LogP contribution is 2.31. The minimum absolute atomic E-state index is 0.000357. The summed E-state index contributed by atoms with van der Waals surface area (Å²) in [6.07, 6.45) is 9.50. The SMILES string of the molecule is Cc1nc(-c2csc(S(=O)(=O)N3CCC[C@@H](C(=O)NC4CCCCCCC4)C3)c2)no1. The molecule has 1 aliphatic carbocycles. The lowest BCUT2D eigenvalue weighted by atomic mass is 9.94. The molecule has 1 saturated carbocycles. The van der Waals surface area contributed by atoms with Crippen molar-refractivity contribution in [3.8, 4) is 11.4 Å². The topological polar surface area (TPSA) is 105 Å². The fraction of sp³-hybridized carbons (Fsp3) is 0.667. The number of thiophene rings is 1. The van der Waals surface area contributed by atoms with Gasteiger partial charge in [-0.25, -0.2) is 8.42 Å². The van der Waals surface area contributed by atoms with Crippen molar-refractivity contribution in [1.29, 1.82) is 0 Å². The minimum Gasteiger partial charge on any atom is -0.353 e. The summed E-state index contributed by atoms with van der Waals surface area (Å²) in [7, 11) is -3.67. The van der Waals surface area contributed by atoms with Crippen molar-refractivity contribution in [2.75, 3.05) is 13.1 Å². The van der Waals surface area contributed by atoms with Gasteiger partial charge in [-0.3, -0.25) is 4.79 Å². The predicted molar refractivity (Wildman–Crippen MR) is 118 cm³/mol. The van der Waals surface area contributed by atoms with Crippen LogP contribution in [0.2, 0.25) is 0 Å². The molecule has 170 valence electrons. The number of piperidine rings is 1. The van der Waals surface area contributed by atoms with E-state index in [-0.39, 0.29) is 28.6 Å². The predicted octanol–water partition coefficient (Wildman–Crippen LogP) is 3.74. The molecule has 31 heavy (non-hydrogen) atoms. The van der Waals surface area contributed by atoms with Gasteiger partial charge in [0.05, 0.1) is 5.92 Å². The zero-order valence-electron chi connectivity index (χ0n) is 17.9. The Kier molecular flexibility index (Phi) is 7.08. The lowest BCUT2D eigenvalue weighted by Gasteiger charge is -2.32. The molecule has 1 atom stereocenters. The number of amides is 1. The standard InChI is InChI=1S/C21H30N4O4S2/c1-15-22-20(24-29-15)17-12-19(30-14-17)31(27,28)25-11-7-8-16(13-25)21(26)23-18-9-5-3-2-4-6-10-18/h12,14,16,18H,2-11,13H2,1H3,(H,23,26)/t16-/m1/s1. The van der Waals surface area contributed by atoms with E-state index in [0.29, 0.717) is 30.2 Å². The summed E-state index contributed by atoms with van der Waals surface area (Å²) >= 11 is 1.14. The quantitative estimate of drug-likeness (QED) is 0.720. The third-order valence-corrected chi connectivity index (χ3v) is 9.44. The van der Waals surface area contributed by atoms with E-state index >= 15 is 0 Å². The number of hydrogen-bond acceptors (Lipinski definition) is 7. The Morgan fingerprint density at radius 3 is 2.61 bits per heavy atom. The molecule has 2 aromatic heterocycles. The van der Waals surface area contributed by atoms with Gasteiger partial charge in [0.1, 0.15) is 4.21 Å². The second-order valence-electron chi connectivity index (χ2n) is 8.54. The van der Waals surface area contributed by atoms with Gasteiger partial charge in [-0.1, -0.05) is 37.3 Å². The monoisotopic (exact) mass is 466 g/mol. The van der Waals surface area contributed by atoms with Crippen molar-refractivity contribution >= 4 is 27.3 Å². The van der Waals surface area contributed by atoms with Gasteiger partial charge in [-0.2, -0.15) is 9.29 Å². The zero-order chi connectivity index (χ0) is 21.8. The zero-order valence-corrected chi connectivity index (χ0v) is 19.5. The molecular formula is C21H30N4O4S2. The summed E-state index contributed by atoms with van der Waals surface area (Å²) < 4.78 is 33.1. The van der Waals surface area contributed by atoms with Crippen LogP contribution in [0, 0.1) is 12.8 Å². The van der Waals surface area contributed by atoms with E-state index in [1.807, 2.05) is 0 Å². The minimum atomic E-state index is -3.67. The van der Waals surface area contributed by atoms with Crippen molar-refractivity contribution in [3.05, 3.63) is 17.3 Å². The molecule has 0 radical (unpaired) electrons. The number of nitrogens with zero attached hydrogens (tertiary/aromatic N) is 3. The highest BCUT2D eigenvalue weighted by atomic mass is 32.2.